The van der Waals surface area contributed by atoms with Gasteiger partial charge in [0.2, 0.25) is 0 Å². The van der Waals surface area contributed by atoms with Crippen molar-refractivity contribution >= 4 is 34.1 Å². The van der Waals surface area contributed by atoms with Crippen LogP contribution >= 0.6 is 11.6 Å². The van der Waals surface area contributed by atoms with Crippen molar-refractivity contribution in [3.8, 4) is 6.07 Å². The van der Waals surface area contributed by atoms with E-state index in [4.69, 9.17) is 21.7 Å². The van der Waals surface area contributed by atoms with Crippen molar-refractivity contribution in [3.63, 3.8) is 0 Å². The molecule has 2 atom stereocenters. The number of rotatable bonds is 5. The molecule has 2 fully saturated rings. The van der Waals surface area contributed by atoms with Crippen molar-refractivity contribution in [1.82, 2.24) is 19.6 Å². The lowest BCUT2D eigenvalue weighted by Crippen LogP contribution is -2.44. The maximum atomic E-state index is 9.05. The summed E-state index contributed by atoms with van der Waals surface area (Å²) in [5, 5.41) is 16.0. The van der Waals surface area contributed by atoms with Gasteiger partial charge in [0.1, 0.15) is 17.8 Å². The number of anilines is 2. The van der Waals surface area contributed by atoms with E-state index in [2.05, 4.69) is 57.1 Å². The fourth-order valence-corrected chi connectivity index (χ4v) is 5.15. The van der Waals surface area contributed by atoms with Crippen molar-refractivity contribution in [2.45, 2.75) is 63.8 Å². The molecule has 0 radical (unpaired) electrons. The molecule has 2 saturated heterocycles. The Kier molecular flexibility index (Phi) is 5.30. The van der Waals surface area contributed by atoms with Gasteiger partial charge >= 0.3 is 0 Å². The largest absolute Gasteiger partial charge is 0.338 e. The number of hydrogen-bond acceptors (Lipinski definition) is 6. The van der Waals surface area contributed by atoms with Crippen LogP contribution in [0.15, 0.2) is 36.8 Å². The number of nitrogens with one attached hydrogen (secondary N) is 1. The number of hydrogen-bond donors (Lipinski definition) is 1. The van der Waals surface area contributed by atoms with Gasteiger partial charge in [-0.15, -0.1) is 0 Å². The van der Waals surface area contributed by atoms with E-state index in [0.29, 0.717) is 40.2 Å². The van der Waals surface area contributed by atoms with Gasteiger partial charge in [0, 0.05) is 24.3 Å². The Bertz CT molecular complexity index is 1140. The molecular weight excluding hydrogens is 412 g/mol. The van der Waals surface area contributed by atoms with Gasteiger partial charge < -0.3 is 9.88 Å². The standard InChI is InChI=1S/C23H25ClN6O/c1-14(2)31-30-16-4-5-17(30)11-18(10-16)29-8-7-19-22(26-13-27-23(19)29)28-21-6-3-15(12-25)9-20(21)24/h3,6-9,13-14,16-18H,4-5,10-11H2,1-2H3,(H,26,27,28)/t16-,17-/m0/s1. The number of nitrogens with zero attached hydrogens (tertiary/aromatic N) is 5. The van der Waals surface area contributed by atoms with Gasteiger partial charge in [0.15, 0.2) is 0 Å². The van der Waals surface area contributed by atoms with E-state index >= 15 is 0 Å². The van der Waals surface area contributed by atoms with E-state index < -0.39 is 0 Å². The van der Waals surface area contributed by atoms with Gasteiger partial charge in [-0.2, -0.15) is 10.3 Å². The van der Waals surface area contributed by atoms with Crippen LogP contribution in [0.5, 0.6) is 0 Å². The van der Waals surface area contributed by atoms with E-state index in [-0.39, 0.29) is 6.10 Å². The van der Waals surface area contributed by atoms with Crippen LogP contribution in [0.1, 0.15) is 51.1 Å². The number of benzene rings is 1. The normalized spacial score (nSPS) is 23.4. The van der Waals surface area contributed by atoms with Gasteiger partial charge in [-0.1, -0.05) is 11.6 Å². The van der Waals surface area contributed by atoms with Crippen molar-refractivity contribution in [2.24, 2.45) is 0 Å². The Hall–Kier alpha value is -2.66. The second-order valence-electron chi connectivity index (χ2n) is 8.64. The summed E-state index contributed by atoms with van der Waals surface area (Å²) in [6, 6.07) is 10.7. The van der Waals surface area contributed by atoms with Crippen LogP contribution in [0.2, 0.25) is 5.02 Å². The number of aromatic nitrogens is 3. The number of fused-ring (bicyclic) bond motifs is 3. The summed E-state index contributed by atoms with van der Waals surface area (Å²) >= 11 is 6.35. The fourth-order valence-electron chi connectivity index (χ4n) is 4.93. The van der Waals surface area contributed by atoms with Crippen molar-refractivity contribution in [2.75, 3.05) is 5.32 Å². The molecule has 8 heteroatoms. The minimum atomic E-state index is 0.211. The third-order valence-corrected chi connectivity index (χ3v) is 6.54. The molecule has 0 spiro atoms. The Balaban J connectivity index is 1.41. The Morgan fingerprint density at radius 3 is 2.61 bits per heavy atom. The minimum absolute atomic E-state index is 0.211. The maximum absolute atomic E-state index is 9.05. The van der Waals surface area contributed by atoms with Crippen molar-refractivity contribution in [3.05, 3.63) is 47.4 Å². The molecule has 5 rings (SSSR count). The predicted molar refractivity (Wildman–Crippen MR) is 120 cm³/mol. The molecule has 2 aromatic heterocycles. The molecule has 1 aromatic carbocycles. The van der Waals surface area contributed by atoms with Gasteiger partial charge in [0.25, 0.3) is 0 Å². The molecule has 4 heterocycles. The second-order valence-corrected chi connectivity index (χ2v) is 9.05. The number of hydroxylamine groups is 2. The van der Waals surface area contributed by atoms with Gasteiger partial charge in [-0.05, 0) is 63.8 Å². The number of nitriles is 1. The average molecular weight is 437 g/mol. The average Bonchev–Trinajstić information content (AvgIpc) is 3.27. The van der Waals surface area contributed by atoms with Crippen LogP contribution in [0, 0.1) is 11.3 Å². The lowest BCUT2D eigenvalue weighted by molar-refractivity contribution is -0.232. The van der Waals surface area contributed by atoms with Crippen LogP contribution in [0.4, 0.5) is 11.5 Å². The zero-order valence-electron chi connectivity index (χ0n) is 17.6. The molecular formula is C23H25ClN6O. The highest BCUT2D eigenvalue weighted by molar-refractivity contribution is 6.33. The van der Waals surface area contributed by atoms with Crippen LogP contribution in [-0.4, -0.2) is 37.8 Å². The first-order valence-corrected chi connectivity index (χ1v) is 11.1. The minimum Gasteiger partial charge on any atom is -0.338 e. The first-order chi connectivity index (χ1) is 15.0. The third-order valence-electron chi connectivity index (χ3n) is 6.23. The maximum Gasteiger partial charge on any atom is 0.145 e. The molecule has 2 bridgehead atoms. The van der Waals surface area contributed by atoms with Gasteiger partial charge in [-0.3, -0.25) is 4.84 Å². The zero-order chi connectivity index (χ0) is 21.5. The summed E-state index contributed by atoms with van der Waals surface area (Å²) in [4.78, 5) is 15.1. The summed E-state index contributed by atoms with van der Waals surface area (Å²) in [5.41, 5.74) is 2.16. The highest BCUT2D eigenvalue weighted by atomic mass is 35.5. The fraction of sp³-hybridized carbons (Fsp3) is 0.435. The summed E-state index contributed by atoms with van der Waals surface area (Å²) in [6.45, 7) is 4.19. The molecule has 0 saturated carbocycles. The van der Waals surface area contributed by atoms with Gasteiger partial charge in [0.05, 0.1) is 33.8 Å². The highest BCUT2D eigenvalue weighted by Crippen LogP contribution is 2.42. The smallest absolute Gasteiger partial charge is 0.145 e. The molecule has 0 amide bonds. The summed E-state index contributed by atoms with van der Waals surface area (Å²) in [5.74, 6) is 0.707. The quantitative estimate of drug-likeness (QED) is 0.591. The zero-order valence-corrected chi connectivity index (χ0v) is 18.4. The Morgan fingerprint density at radius 2 is 1.94 bits per heavy atom. The summed E-state index contributed by atoms with van der Waals surface area (Å²) < 4.78 is 2.29. The van der Waals surface area contributed by atoms with E-state index in [1.165, 1.54) is 12.8 Å². The lowest BCUT2D eigenvalue weighted by Gasteiger charge is -2.39. The van der Waals surface area contributed by atoms with Crippen molar-refractivity contribution < 1.29 is 4.84 Å². The first-order valence-electron chi connectivity index (χ1n) is 10.8. The molecule has 0 aliphatic carbocycles. The third kappa shape index (κ3) is 3.76. The molecule has 0 unspecified atom stereocenters. The number of piperidine rings is 1. The van der Waals surface area contributed by atoms with Crippen molar-refractivity contribution in [1.29, 1.82) is 5.26 Å². The van der Waals surface area contributed by atoms with E-state index in [9.17, 15) is 0 Å². The van der Waals surface area contributed by atoms with E-state index in [1.807, 2.05) is 0 Å². The van der Waals surface area contributed by atoms with Crippen LogP contribution in [0.25, 0.3) is 11.0 Å². The monoisotopic (exact) mass is 436 g/mol. The summed E-state index contributed by atoms with van der Waals surface area (Å²) in [7, 11) is 0. The van der Waals surface area contributed by atoms with E-state index in [1.54, 1.807) is 24.5 Å². The molecule has 2 aliphatic heterocycles. The molecule has 31 heavy (non-hydrogen) atoms. The second kappa shape index (κ2) is 8.12. The van der Waals surface area contributed by atoms with Crippen LogP contribution < -0.4 is 5.32 Å². The SMILES string of the molecule is CC(C)ON1[C@H]2CC[C@H]1CC(n1ccc3c(Nc4ccc(C#N)cc4Cl)ncnc31)C2. The van der Waals surface area contributed by atoms with E-state index in [0.717, 1.165) is 23.9 Å². The highest BCUT2D eigenvalue weighted by Gasteiger charge is 2.42. The topological polar surface area (TPSA) is 79.0 Å². The number of halogens is 1. The molecule has 160 valence electrons. The lowest BCUT2D eigenvalue weighted by atomic mass is 9.99. The molecule has 2 aliphatic rings. The predicted octanol–water partition coefficient (Wildman–Crippen LogP) is 5.21. The first kappa shape index (κ1) is 20.3. The molecule has 3 aromatic rings. The van der Waals surface area contributed by atoms with Crippen LogP contribution in [-0.2, 0) is 4.84 Å². The van der Waals surface area contributed by atoms with Gasteiger partial charge in [-0.25, -0.2) is 9.97 Å². The summed E-state index contributed by atoms with van der Waals surface area (Å²) in [6.07, 6.45) is 8.40. The Labute approximate surface area is 186 Å². The molecule has 7 nitrogen and oxygen atoms in total. The van der Waals surface area contributed by atoms with Crippen LogP contribution in [0.3, 0.4) is 0 Å². The molecule has 1 N–H and O–H groups in total. The Morgan fingerprint density at radius 1 is 1.16 bits per heavy atom.